The number of nitriles is 1. The summed E-state index contributed by atoms with van der Waals surface area (Å²) in [6, 6.07) is 36.3. The van der Waals surface area contributed by atoms with E-state index >= 15 is 0 Å². The molecule has 1 heterocycles. The molecule has 0 radical (unpaired) electrons. The molecule has 0 saturated heterocycles. The molecule has 32 heavy (non-hydrogen) atoms. The summed E-state index contributed by atoms with van der Waals surface area (Å²) in [7, 11) is 0. The highest BCUT2D eigenvalue weighted by Crippen LogP contribution is 2.44. The Morgan fingerprint density at radius 2 is 1.09 bits per heavy atom. The molecule has 0 unspecified atom stereocenters. The molecule has 0 bridgehead atoms. The van der Waals surface area contributed by atoms with E-state index in [-0.39, 0.29) is 0 Å². The lowest BCUT2D eigenvalue weighted by Crippen LogP contribution is -1.92. The van der Waals surface area contributed by atoms with Gasteiger partial charge in [0.25, 0.3) is 0 Å². The molecular weight excluding hydrogens is 388 g/mol. The lowest BCUT2D eigenvalue weighted by atomic mass is 9.85. The maximum absolute atomic E-state index is 9.48. The topological polar surface area (TPSA) is 36.7 Å². The second-order valence-electron chi connectivity index (χ2n) is 7.98. The summed E-state index contributed by atoms with van der Waals surface area (Å²) >= 11 is 0. The fraction of sp³-hybridized carbons (Fsp3) is 0. The molecule has 0 fully saturated rings. The first kappa shape index (κ1) is 18.3. The van der Waals surface area contributed by atoms with Crippen molar-refractivity contribution in [2.24, 2.45) is 0 Å². The van der Waals surface area contributed by atoms with Crippen LogP contribution in [0.4, 0.5) is 0 Å². The predicted octanol–water partition coefficient (Wildman–Crippen LogP) is 7.75. The molecule has 5 aromatic carbocycles. The van der Waals surface area contributed by atoms with Crippen LogP contribution in [-0.4, -0.2) is 4.98 Å². The minimum Gasteiger partial charge on any atom is -0.263 e. The smallest absolute Gasteiger partial charge is 0.101 e. The Morgan fingerprint density at radius 3 is 1.72 bits per heavy atom. The SMILES string of the molecule is N#Cc1cncc(-c2c3ccccc3c(-c3ccccc3)c3cc4ccccc4cc23)c1. The maximum Gasteiger partial charge on any atom is 0.101 e. The van der Waals surface area contributed by atoms with Gasteiger partial charge in [0.05, 0.1) is 5.56 Å². The molecule has 0 aliphatic heterocycles. The van der Waals surface area contributed by atoms with Crippen molar-refractivity contribution in [3.05, 3.63) is 115 Å². The van der Waals surface area contributed by atoms with Crippen molar-refractivity contribution in [2.75, 3.05) is 0 Å². The van der Waals surface area contributed by atoms with Crippen molar-refractivity contribution in [3.63, 3.8) is 0 Å². The van der Waals surface area contributed by atoms with Gasteiger partial charge in [-0.2, -0.15) is 5.26 Å². The number of hydrogen-bond donors (Lipinski definition) is 0. The van der Waals surface area contributed by atoms with Gasteiger partial charge in [-0.15, -0.1) is 0 Å². The Morgan fingerprint density at radius 1 is 0.531 bits per heavy atom. The molecule has 1 aromatic heterocycles. The minimum absolute atomic E-state index is 0.563. The molecule has 0 aliphatic carbocycles. The van der Waals surface area contributed by atoms with Crippen LogP contribution in [0.5, 0.6) is 0 Å². The van der Waals surface area contributed by atoms with Gasteiger partial charge >= 0.3 is 0 Å². The van der Waals surface area contributed by atoms with Crippen LogP contribution in [0.25, 0.3) is 54.6 Å². The highest BCUT2D eigenvalue weighted by molar-refractivity contribution is 6.23. The summed E-state index contributed by atoms with van der Waals surface area (Å²) in [6.07, 6.45) is 3.47. The van der Waals surface area contributed by atoms with Crippen LogP contribution in [0, 0.1) is 11.3 Å². The van der Waals surface area contributed by atoms with Gasteiger partial charge in [-0.25, -0.2) is 0 Å². The van der Waals surface area contributed by atoms with E-state index in [1.807, 2.05) is 12.3 Å². The lowest BCUT2D eigenvalue weighted by Gasteiger charge is -2.18. The molecule has 0 amide bonds. The molecule has 0 spiro atoms. The van der Waals surface area contributed by atoms with Gasteiger partial charge in [0.2, 0.25) is 0 Å². The van der Waals surface area contributed by atoms with Gasteiger partial charge in [-0.3, -0.25) is 4.98 Å². The van der Waals surface area contributed by atoms with E-state index in [9.17, 15) is 5.26 Å². The minimum atomic E-state index is 0.563. The lowest BCUT2D eigenvalue weighted by molar-refractivity contribution is 1.31. The first-order valence-electron chi connectivity index (χ1n) is 10.6. The summed E-state index contributed by atoms with van der Waals surface area (Å²) in [6.45, 7) is 0. The van der Waals surface area contributed by atoms with Gasteiger partial charge in [-0.05, 0) is 67.2 Å². The zero-order chi connectivity index (χ0) is 21.5. The number of nitrogens with zero attached hydrogens (tertiary/aromatic N) is 2. The molecule has 148 valence electrons. The van der Waals surface area contributed by atoms with Crippen LogP contribution in [0.3, 0.4) is 0 Å². The van der Waals surface area contributed by atoms with Crippen molar-refractivity contribution in [1.29, 1.82) is 5.26 Å². The fourth-order valence-corrected chi connectivity index (χ4v) is 4.73. The number of pyridine rings is 1. The summed E-state index contributed by atoms with van der Waals surface area (Å²) in [5.74, 6) is 0. The van der Waals surface area contributed by atoms with Crippen LogP contribution in [-0.2, 0) is 0 Å². The maximum atomic E-state index is 9.48. The Balaban J connectivity index is 1.88. The van der Waals surface area contributed by atoms with E-state index in [4.69, 9.17) is 0 Å². The Labute approximate surface area is 186 Å². The normalized spacial score (nSPS) is 11.1. The van der Waals surface area contributed by atoms with Crippen LogP contribution >= 0.6 is 0 Å². The van der Waals surface area contributed by atoms with Gasteiger partial charge in [0.15, 0.2) is 0 Å². The summed E-state index contributed by atoms with van der Waals surface area (Å²) in [5.41, 5.74) is 5.06. The van der Waals surface area contributed by atoms with E-state index in [2.05, 4.69) is 102 Å². The van der Waals surface area contributed by atoms with Gasteiger partial charge in [-0.1, -0.05) is 78.9 Å². The summed E-state index contributed by atoms with van der Waals surface area (Å²) in [4.78, 5) is 4.37. The van der Waals surface area contributed by atoms with Crippen molar-refractivity contribution >= 4 is 32.3 Å². The molecule has 6 aromatic rings. The van der Waals surface area contributed by atoms with Crippen LogP contribution in [0.15, 0.2) is 109 Å². The molecule has 2 nitrogen and oxygen atoms in total. The highest BCUT2D eigenvalue weighted by atomic mass is 14.6. The largest absolute Gasteiger partial charge is 0.263 e. The highest BCUT2D eigenvalue weighted by Gasteiger charge is 2.17. The second kappa shape index (κ2) is 7.34. The van der Waals surface area contributed by atoms with Crippen LogP contribution in [0.2, 0.25) is 0 Å². The molecule has 6 rings (SSSR count). The molecule has 0 N–H and O–H groups in total. The Kier molecular flexibility index (Phi) is 4.20. The molecule has 0 atom stereocenters. The Hall–Kier alpha value is -4.48. The standard InChI is InChI=1S/C30H18N2/c31-17-20-14-24(19-32-18-20)30-26-13-7-6-12-25(26)29(21-8-2-1-3-9-21)27-15-22-10-4-5-11-23(22)16-28(27)30/h1-16,18-19H. The van der Waals surface area contributed by atoms with E-state index < -0.39 is 0 Å². The van der Waals surface area contributed by atoms with Crippen molar-refractivity contribution in [1.82, 2.24) is 4.98 Å². The fourth-order valence-electron chi connectivity index (χ4n) is 4.73. The van der Waals surface area contributed by atoms with E-state index in [0.29, 0.717) is 5.56 Å². The number of rotatable bonds is 2. The van der Waals surface area contributed by atoms with Crippen molar-refractivity contribution in [2.45, 2.75) is 0 Å². The van der Waals surface area contributed by atoms with E-state index in [1.54, 1.807) is 6.20 Å². The molecule has 2 heteroatoms. The summed E-state index contributed by atoms with van der Waals surface area (Å²) < 4.78 is 0. The van der Waals surface area contributed by atoms with Crippen LogP contribution in [0.1, 0.15) is 5.56 Å². The first-order chi connectivity index (χ1) is 15.8. The number of hydrogen-bond acceptors (Lipinski definition) is 2. The number of benzene rings is 5. The van der Waals surface area contributed by atoms with Gasteiger partial charge < -0.3 is 0 Å². The monoisotopic (exact) mass is 406 g/mol. The third-order valence-electron chi connectivity index (χ3n) is 6.11. The zero-order valence-electron chi connectivity index (χ0n) is 17.3. The van der Waals surface area contributed by atoms with Gasteiger partial charge in [0, 0.05) is 18.0 Å². The Bertz CT molecular complexity index is 1680. The average Bonchev–Trinajstić information content (AvgIpc) is 2.86. The summed E-state index contributed by atoms with van der Waals surface area (Å²) in [5, 5.41) is 16.6. The van der Waals surface area contributed by atoms with Crippen molar-refractivity contribution in [3.8, 4) is 28.3 Å². The molecular formula is C30H18N2. The van der Waals surface area contributed by atoms with E-state index in [0.717, 1.165) is 21.9 Å². The van der Waals surface area contributed by atoms with Crippen LogP contribution < -0.4 is 0 Å². The number of fused-ring (bicyclic) bond motifs is 3. The van der Waals surface area contributed by atoms with Crippen molar-refractivity contribution < 1.29 is 0 Å². The predicted molar refractivity (Wildman–Crippen MR) is 132 cm³/mol. The number of aromatic nitrogens is 1. The second-order valence-corrected chi connectivity index (χ2v) is 7.98. The molecule has 0 aliphatic rings. The third kappa shape index (κ3) is 2.84. The zero-order valence-corrected chi connectivity index (χ0v) is 17.3. The first-order valence-corrected chi connectivity index (χ1v) is 10.6. The van der Waals surface area contributed by atoms with Gasteiger partial charge in [0.1, 0.15) is 6.07 Å². The average molecular weight is 406 g/mol. The molecule has 0 saturated carbocycles. The quantitative estimate of drug-likeness (QED) is 0.276. The van der Waals surface area contributed by atoms with E-state index in [1.165, 1.54) is 32.7 Å². The third-order valence-corrected chi connectivity index (χ3v) is 6.11.